The number of esters is 1. The third-order valence-corrected chi connectivity index (χ3v) is 5.62. The van der Waals surface area contributed by atoms with Gasteiger partial charge in [0.2, 0.25) is 0 Å². The van der Waals surface area contributed by atoms with Crippen molar-refractivity contribution >= 4 is 11.8 Å². The van der Waals surface area contributed by atoms with Crippen LogP contribution in [-0.2, 0) is 20.7 Å². The van der Waals surface area contributed by atoms with Crippen LogP contribution in [0.2, 0.25) is 0 Å². The van der Waals surface area contributed by atoms with Gasteiger partial charge in [-0.15, -0.1) is 0 Å². The highest BCUT2D eigenvalue weighted by Gasteiger charge is 2.39. The Morgan fingerprint density at radius 2 is 1.84 bits per heavy atom. The van der Waals surface area contributed by atoms with Gasteiger partial charge >= 0.3 is 5.97 Å². The van der Waals surface area contributed by atoms with Gasteiger partial charge in [0.25, 0.3) is 0 Å². The Balaban J connectivity index is 1.77. The molecule has 4 atom stereocenters. The molecule has 0 saturated heterocycles. The number of aryl methyl sites for hydroxylation is 1. The summed E-state index contributed by atoms with van der Waals surface area (Å²) in [6.45, 7) is 3.67. The van der Waals surface area contributed by atoms with E-state index in [2.05, 4.69) is 0 Å². The van der Waals surface area contributed by atoms with Crippen molar-refractivity contribution in [2.45, 2.75) is 77.1 Å². The lowest BCUT2D eigenvalue weighted by Gasteiger charge is -2.19. The van der Waals surface area contributed by atoms with Crippen molar-refractivity contribution in [1.29, 1.82) is 0 Å². The van der Waals surface area contributed by atoms with Gasteiger partial charge in [-0.3, -0.25) is 9.59 Å². The molecule has 0 aliphatic heterocycles. The van der Waals surface area contributed by atoms with Crippen LogP contribution < -0.4 is 0 Å². The zero-order chi connectivity index (χ0) is 22.6. The number of hydrogen-bond acceptors (Lipinski definition) is 5. The number of ether oxygens (including phenoxy) is 1. The third kappa shape index (κ3) is 9.19. The molecule has 0 aromatic heterocycles. The highest BCUT2D eigenvalue weighted by molar-refractivity contribution is 5.89. The Morgan fingerprint density at radius 1 is 1.10 bits per heavy atom. The van der Waals surface area contributed by atoms with E-state index in [9.17, 15) is 19.8 Å². The van der Waals surface area contributed by atoms with Crippen LogP contribution in [0.3, 0.4) is 0 Å². The number of aliphatic hydroxyl groups excluding tert-OH is 2. The molecule has 1 aromatic carbocycles. The molecule has 0 heterocycles. The molecular formula is C26H36O5. The van der Waals surface area contributed by atoms with Crippen LogP contribution in [0.4, 0.5) is 0 Å². The molecule has 2 rings (SSSR count). The number of allylic oxidation sites excluding steroid dienone is 3. The fourth-order valence-corrected chi connectivity index (χ4v) is 3.98. The molecule has 2 N–H and O–H groups in total. The summed E-state index contributed by atoms with van der Waals surface area (Å²) in [4.78, 5) is 23.8. The smallest absolute Gasteiger partial charge is 0.306 e. The van der Waals surface area contributed by atoms with E-state index >= 15 is 0 Å². The number of carbonyl (C=O) groups is 2. The monoisotopic (exact) mass is 428 g/mol. The normalized spacial score (nSPS) is 23.8. The fourth-order valence-electron chi connectivity index (χ4n) is 3.98. The summed E-state index contributed by atoms with van der Waals surface area (Å²) in [5, 5.41) is 20.7. The first-order valence-corrected chi connectivity index (χ1v) is 11.3. The number of hydrogen-bond donors (Lipinski definition) is 2. The number of carbonyl (C=O) groups excluding carboxylic acids is 2. The average Bonchev–Trinajstić information content (AvgIpc) is 3.00. The van der Waals surface area contributed by atoms with Gasteiger partial charge < -0.3 is 14.9 Å². The Kier molecular flexibility index (Phi) is 10.7. The van der Waals surface area contributed by atoms with E-state index in [1.54, 1.807) is 12.2 Å². The van der Waals surface area contributed by atoms with Crippen molar-refractivity contribution < 1.29 is 24.5 Å². The van der Waals surface area contributed by atoms with Gasteiger partial charge in [-0.2, -0.15) is 0 Å². The molecule has 170 valence electrons. The van der Waals surface area contributed by atoms with Gasteiger partial charge in [-0.1, -0.05) is 48.6 Å². The Morgan fingerprint density at radius 3 is 2.55 bits per heavy atom. The molecule has 5 heteroatoms. The average molecular weight is 429 g/mol. The van der Waals surface area contributed by atoms with Gasteiger partial charge in [0, 0.05) is 25.2 Å². The van der Waals surface area contributed by atoms with E-state index in [0.29, 0.717) is 32.1 Å². The molecule has 31 heavy (non-hydrogen) atoms. The van der Waals surface area contributed by atoms with Gasteiger partial charge in [0.05, 0.1) is 18.3 Å². The second-order valence-electron chi connectivity index (χ2n) is 8.56. The summed E-state index contributed by atoms with van der Waals surface area (Å²) < 4.78 is 5.11. The molecule has 0 bridgehead atoms. The predicted octanol–water partition coefficient (Wildman–Crippen LogP) is 4.17. The molecule has 5 nitrogen and oxygen atoms in total. The number of aliphatic hydroxyl groups is 2. The number of rotatable bonds is 12. The molecular weight excluding hydrogens is 392 g/mol. The summed E-state index contributed by atoms with van der Waals surface area (Å²) >= 11 is 0. The van der Waals surface area contributed by atoms with E-state index in [0.717, 1.165) is 18.4 Å². The van der Waals surface area contributed by atoms with E-state index in [1.807, 2.05) is 56.3 Å². The van der Waals surface area contributed by atoms with Crippen LogP contribution in [0.15, 0.2) is 54.6 Å². The van der Waals surface area contributed by atoms with Gasteiger partial charge in [-0.05, 0) is 57.1 Å². The lowest BCUT2D eigenvalue weighted by molar-refractivity contribution is -0.147. The SMILES string of the molecule is CC(C)OC(=O)CCC/C=C/CC1C(O)CC(O)C1/C=C/C(=O)CCc1ccccc1. The fraction of sp³-hybridized carbons (Fsp3) is 0.538. The van der Waals surface area contributed by atoms with Crippen molar-refractivity contribution in [2.75, 3.05) is 0 Å². The lowest BCUT2D eigenvalue weighted by atomic mass is 9.89. The molecule has 1 fully saturated rings. The second kappa shape index (κ2) is 13.2. The molecule has 1 aromatic rings. The van der Waals surface area contributed by atoms with Gasteiger partial charge in [0.1, 0.15) is 0 Å². The largest absolute Gasteiger partial charge is 0.463 e. The van der Waals surface area contributed by atoms with Crippen molar-refractivity contribution in [3.8, 4) is 0 Å². The highest BCUT2D eigenvalue weighted by Crippen LogP contribution is 2.36. The van der Waals surface area contributed by atoms with E-state index < -0.39 is 12.2 Å². The minimum absolute atomic E-state index is 0.0278. The molecule has 1 saturated carbocycles. The number of benzene rings is 1. The standard InChI is InChI=1S/C26H36O5/c1-19(2)31-26(30)13-9-4-3-8-12-22-23(25(29)18-24(22)28)17-16-21(27)15-14-20-10-6-5-7-11-20/h3,5-8,10-11,16-17,19,22-25,28-29H,4,9,12-15,18H2,1-2H3/b8-3+,17-16+. The van der Waals surface area contributed by atoms with E-state index in [4.69, 9.17) is 4.74 Å². The molecule has 0 radical (unpaired) electrons. The van der Waals surface area contributed by atoms with E-state index in [1.165, 1.54) is 0 Å². The maximum Gasteiger partial charge on any atom is 0.306 e. The lowest BCUT2D eigenvalue weighted by Crippen LogP contribution is -2.20. The number of unbranched alkanes of at least 4 members (excludes halogenated alkanes) is 1. The zero-order valence-corrected chi connectivity index (χ0v) is 18.7. The molecule has 4 unspecified atom stereocenters. The zero-order valence-electron chi connectivity index (χ0n) is 18.7. The van der Waals surface area contributed by atoms with E-state index in [-0.39, 0.29) is 29.7 Å². The van der Waals surface area contributed by atoms with Crippen LogP contribution in [0.1, 0.15) is 57.9 Å². The minimum atomic E-state index is -0.641. The summed E-state index contributed by atoms with van der Waals surface area (Å²) in [5.41, 5.74) is 1.13. The van der Waals surface area contributed by atoms with Crippen molar-refractivity contribution in [1.82, 2.24) is 0 Å². The third-order valence-electron chi connectivity index (χ3n) is 5.62. The molecule has 0 spiro atoms. The second-order valence-corrected chi connectivity index (χ2v) is 8.56. The van der Waals surface area contributed by atoms with Crippen molar-refractivity contribution in [3.05, 3.63) is 60.2 Å². The Hall–Kier alpha value is -2.24. The summed E-state index contributed by atoms with van der Waals surface area (Å²) in [6.07, 6.45) is 9.96. The Bertz CT molecular complexity index is 737. The maximum absolute atomic E-state index is 12.2. The number of ketones is 1. The minimum Gasteiger partial charge on any atom is -0.463 e. The predicted molar refractivity (Wildman–Crippen MR) is 121 cm³/mol. The first kappa shape index (κ1) is 25.0. The van der Waals surface area contributed by atoms with Crippen LogP contribution in [0, 0.1) is 11.8 Å². The maximum atomic E-state index is 12.2. The Labute approximate surface area is 185 Å². The first-order valence-electron chi connectivity index (χ1n) is 11.3. The topological polar surface area (TPSA) is 83.8 Å². The summed E-state index contributed by atoms with van der Waals surface area (Å²) in [7, 11) is 0. The van der Waals surface area contributed by atoms with Crippen LogP contribution in [0.25, 0.3) is 0 Å². The molecule has 0 amide bonds. The van der Waals surface area contributed by atoms with Crippen LogP contribution >= 0.6 is 0 Å². The molecule has 1 aliphatic carbocycles. The van der Waals surface area contributed by atoms with Crippen molar-refractivity contribution in [3.63, 3.8) is 0 Å². The summed E-state index contributed by atoms with van der Waals surface area (Å²) in [5.74, 6) is -0.503. The van der Waals surface area contributed by atoms with Gasteiger partial charge in [0.15, 0.2) is 5.78 Å². The molecule has 1 aliphatic rings. The quantitative estimate of drug-likeness (QED) is 0.226. The van der Waals surface area contributed by atoms with Gasteiger partial charge in [-0.25, -0.2) is 0 Å². The first-order chi connectivity index (χ1) is 14.9. The van der Waals surface area contributed by atoms with Crippen molar-refractivity contribution in [2.24, 2.45) is 11.8 Å². The summed E-state index contributed by atoms with van der Waals surface area (Å²) in [6, 6.07) is 9.88. The van der Waals surface area contributed by atoms with Crippen LogP contribution in [-0.4, -0.2) is 40.3 Å². The van der Waals surface area contributed by atoms with Crippen LogP contribution in [0.5, 0.6) is 0 Å². The highest BCUT2D eigenvalue weighted by atomic mass is 16.5.